The lowest BCUT2D eigenvalue weighted by molar-refractivity contribution is -0.565. The summed E-state index contributed by atoms with van der Waals surface area (Å²) in [7, 11) is 0. The fourth-order valence-corrected chi connectivity index (χ4v) is 2.57. The Morgan fingerprint density at radius 2 is 1.80 bits per heavy atom. The SMILES string of the molecule is CC(=O)[C@]1(C)N(O)C(C)(C)C(c2ccc(F)cc2)=[N+]1[O-]. The maximum atomic E-state index is 13.0. The van der Waals surface area contributed by atoms with Gasteiger partial charge in [0.15, 0.2) is 0 Å². The van der Waals surface area contributed by atoms with Gasteiger partial charge >= 0.3 is 5.66 Å². The van der Waals surface area contributed by atoms with E-state index in [2.05, 4.69) is 0 Å². The monoisotopic (exact) mass is 280 g/mol. The number of rotatable bonds is 2. The van der Waals surface area contributed by atoms with Gasteiger partial charge in [0.1, 0.15) is 11.4 Å². The Morgan fingerprint density at radius 1 is 1.30 bits per heavy atom. The molecule has 108 valence electrons. The molecular weight excluding hydrogens is 263 g/mol. The molecule has 0 saturated carbocycles. The van der Waals surface area contributed by atoms with E-state index in [1.165, 1.54) is 38.1 Å². The van der Waals surface area contributed by atoms with E-state index in [0.717, 1.165) is 5.06 Å². The van der Waals surface area contributed by atoms with E-state index in [-0.39, 0.29) is 5.71 Å². The fourth-order valence-electron chi connectivity index (χ4n) is 2.57. The third kappa shape index (κ3) is 1.76. The molecule has 5 nitrogen and oxygen atoms in total. The Kier molecular flexibility index (Phi) is 3.19. The molecule has 1 heterocycles. The highest BCUT2D eigenvalue weighted by Crippen LogP contribution is 2.35. The highest BCUT2D eigenvalue weighted by Gasteiger charge is 2.62. The summed E-state index contributed by atoms with van der Waals surface area (Å²) in [5, 5.41) is 23.6. The van der Waals surface area contributed by atoms with Gasteiger partial charge in [-0.3, -0.25) is 4.79 Å². The molecule has 6 heteroatoms. The van der Waals surface area contributed by atoms with Crippen LogP contribution in [0.1, 0.15) is 33.3 Å². The van der Waals surface area contributed by atoms with Crippen molar-refractivity contribution in [3.05, 3.63) is 40.9 Å². The lowest BCUT2D eigenvalue weighted by Crippen LogP contribution is -2.57. The van der Waals surface area contributed by atoms with Gasteiger partial charge in [-0.15, -0.1) is 5.06 Å². The molecular formula is C14H17FN2O3. The predicted molar refractivity (Wildman–Crippen MR) is 70.9 cm³/mol. The van der Waals surface area contributed by atoms with E-state index >= 15 is 0 Å². The number of carbonyl (C=O) groups is 1. The lowest BCUT2D eigenvalue weighted by Gasteiger charge is -2.30. The maximum absolute atomic E-state index is 13.0. The second-order valence-electron chi connectivity index (χ2n) is 5.60. The number of nitrogens with zero attached hydrogens (tertiary/aromatic N) is 2. The van der Waals surface area contributed by atoms with Crippen LogP contribution in [-0.4, -0.2) is 37.7 Å². The van der Waals surface area contributed by atoms with Gasteiger partial charge in [0.05, 0.1) is 0 Å². The van der Waals surface area contributed by atoms with Crippen molar-refractivity contribution in [2.45, 2.75) is 38.9 Å². The Balaban J connectivity index is 2.68. The van der Waals surface area contributed by atoms with E-state index in [1.54, 1.807) is 13.8 Å². The quantitative estimate of drug-likeness (QED) is 0.664. The van der Waals surface area contributed by atoms with E-state index in [1.807, 2.05) is 0 Å². The molecule has 0 unspecified atom stereocenters. The van der Waals surface area contributed by atoms with Crippen molar-refractivity contribution in [2.24, 2.45) is 0 Å². The third-order valence-corrected chi connectivity index (χ3v) is 3.90. The van der Waals surface area contributed by atoms with Gasteiger partial charge in [0.25, 0.3) is 0 Å². The van der Waals surface area contributed by atoms with Crippen molar-refractivity contribution in [1.82, 2.24) is 5.06 Å². The lowest BCUT2D eigenvalue weighted by atomic mass is 9.92. The second-order valence-corrected chi connectivity index (χ2v) is 5.60. The zero-order chi connectivity index (χ0) is 15.3. The van der Waals surface area contributed by atoms with Crippen LogP contribution in [-0.2, 0) is 4.79 Å². The first-order valence-electron chi connectivity index (χ1n) is 6.24. The molecule has 2 rings (SSSR count). The number of hydrogen-bond acceptors (Lipinski definition) is 4. The van der Waals surface area contributed by atoms with Crippen LogP contribution in [0.3, 0.4) is 0 Å². The second kappa shape index (κ2) is 4.36. The number of Topliss-reactive ketones (excluding diaryl/α,β-unsaturated/α-hetero) is 1. The molecule has 0 fully saturated rings. The molecule has 0 spiro atoms. The molecule has 0 amide bonds. The van der Waals surface area contributed by atoms with Crippen LogP contribution in [0, 0.1) is 11.0 Å². The molecule has 1 aromatic carbocycles. The van der Waals surface area contributed by atoms with Gasteiger partial charge < -0.3 is 10.4 Å². The molecule has 0 aromatic heterocycles. The van der Waals surface area contributed by atoms with Crippen LogP contribution < -0.4 is 0 Å². The van der Waals surface area contributed by atoms with Gasteiger partial charge in [-0.25, -0.2) is 4.39 Å². The Labute approximate surface area is 116 Å². The summed E-state index contributed by atoms with van der Waals surface area (Å²) in [4.78, 5) is 11.8. The van der Waals surface area contributed by atoms with Gasteiger partial charge in [-0.05, 0) is 38.1 Å². The number of carbonyl (C=O) groups excluding carboxylic acids is 1. The van der Waals surface area contributed by atoms with Crippen LogP contribution in [0.25, 0.3) is 0 Å². The minimum absolute atomic E-state index is 0.220. The minimum atomic E-state index is -1.69. The molecule has 1 atom stereocenters. The summed E-state index contributed by atoms with van der Waals surface area (Å²) in [6.45, 7) is 5.87. The topological polar surface area (TPSA) is 66.6 Å². The van der Waals surface area contributed by atoms with Crippen molar-refractivity contribution in [3.63, 3.8) is 0 Å². The average molecular weight is 280 g/mol. The summed E-state index contributed by atoms with van der Waals surface area (Å²) in [6.07, 6.45) is 0. The zero-order valence-electron chi connectivity index (χ0n) is 11.8. The van der Waals surface area contributed by atoms with Crippen LogP contribution in [0.5, 0.6) is 0 Å². The first-order chi connectivity index (χ1) is 9.13. The van der Waals surface area contributed by atoms with E-state index in [4.69, 9.17) is 0 Å². The molecule has 1 N–H and O–H groups in total. The first-order valence-corrected chi connectivity index (χ1v) is 6.24. The molecule has 0 aliphatic carbocycles. The summed E-state index contributed by atoms with van der Waals surface area (Å²) >= 11 is 0. The van der Waals surface area contributed by atoms with E-state index in [0.29, 0.717) is 10.3 Å². The fraction of sp³-hybridized carbons (Fsp3) is 0.429. The Hall–Kier alpha value is -1.79. The Bertz CT molecular complexity index is 595. The van der Waals surface area contributed by atoms with Gasteiger partial charge in [-0.2, -0.15) is 4.74 Å². The first kappa shape index (κ1) is 14.6. The van der Waals surface area contributed by atoms with Crippen LogP contribution in [0.4, 0.5) is 4.39 Å². The van der Waals surface area contributed by atoms with Crippen molar-refractivity contribution in [2.75, 3.05) is 0 Å². The van der Waals surface area contributed by atoms with Gasteiger partial charge in [-0.1, -0.05) is 0 Å². The summed E-state index contributed by atoms with van der Waals surface area (Å²) in [6, 6.07) is 5.38. The largest absolute Gasteiger partial charge is 0.622 e. The molecule has 0 saturated heterocycles. The van der Waals surface area contributed by atoms with E-state index < -0.39 is 22.8 Å². The molecule has 20 heavy (non-hydrogen) atoms. The zero-order valence-corrected chi connectivity index (χ0v) is 11.8. The van der Waals surface area contributed by atoms with Crippen molar-refractivity contribution in [1.29, 1.82) is 0 Å². The smallest absolute Gasteiger partial charge is 0.307 e. The average Bonchev–Trinajstić information content (AvgIpc) is 2.51. The summed E-state index contributed by atoms with van der Waals surface area (Å²) in [5.74, 6) is -0.891. The Morgan fingerprint density at radius 3 is 2.20 bits per heavy atom. The number of benzene rings is 1. The highest BCUT2D eigenvalue weighted by molar-refractivity contribution is 6.06. The highest BCUT2D eigenvalue weighted by atomic mass is 19.1. The van der Waals surface area contributed by atoms with Crippen molar-refractivity contribution < 1.29 is 19.1 Å². The third-order valence-electron chi connectivity index (χ3n) is 3.90. The van der Waals surface area contributed by atoms with Crippen LogP contribution >= 0.6 is 0 Å². The predicted octanol–water partition coefficient (Wildman–Crippen LogP) is 1.91. The number of halogens is 1. The van der Waals surface area contributed by atoms with E-state index in [9.17, 15) is 19.6 Å². The molecule has 0 radical (unpaired) electrons. The molecule has 1 aliphatic rings. The van der Waals surface area contributed by atoms with Gasteiger partial charge in [0.2, 0.25) is 11.5 Å². The van der Waals surface area contributed by atoms with Gasteiger partial charge in [0, 0.05) is 19.4 Å². The molecule has 1 aliphatic heterocycles. The molecule has 1 aromatic rings. The van der Waals surface area contributed by atoms with Crippen molar-refractivity contribution >= 4 is 11.5 Å². The van der Waals surface area contributed by atoms with Crippen LogP contribution in [0.2, 0.25) is 0 Å². The summed E-state index contributed by atoms with van der Waals surface area (Å²) in [5.41, 5.74) is -2.07. The molecule has 0 bridgehead atoms. The van der Waals surface area contributed by atoms with Crippen molar-refractivity contribution in [3.8, 4) is 0 Å². The summed E-state index contributed by atoms with van der Waals surface area (Å²) < 4.78 is 13.5. The standard InChI is InChI=1S/C14H17FN2O3/c1-9(18)14(4)16(19)12(13(2,3)17(14)20)10-5-7-11(15)8-6-10/h5-8,20H,1-4H3/t14-/m0/s1. The normalized spacial score (nSPS) is 26.1. The van der Waals surface area contributed by atoms with Crippen LogP contribution in [0.15, 0.2) is 24.3 Å². The maximum Gasteiger partial charge on any atom is 0.307 e. The number of hydrogen-bond donors (Lipinski definition) is 1. The number of hydroxylamine groups is 3. The minimum Gasteiger partial charge on any atom is -0.622 e. The number of ketones is 1.